The first-order valence-electron chi connectivity index (χ1n) is 5.49. The van der Waals surface area contributed by atoms with Crippen LogP contribution in [0.2, 0.25) is 0 Å². The lowest BCUT2D eigenvalue weighted by molar-refractivity contribution is 0.0934. The maximum Gasteiger partial charge on any atom is 0.251 e. The van der Waals surface area contributed by atoms with E-state index >= 15 is 0 Å². The van der Waals surface area contributed by atoms with Gasteiger partial charge in [0.1, 0.15) is 0 Å². The number of hydrogen-bond acceptors (Lipinski definition) is 2. The average Bonchev–Trinajstić information content (AvgIpc) is 2.64. The molecule has 0 saturated heterocycles. The summed E-state index contributed by atoms with van der Waals surface area (Å²) in [4.78, 5) is 11.9. The molecule has 0 radical (unpaired) electrons. The quantitative estimate of drug-likeness (QED) is 0.814. The van der Waals surface area contributed by atoms with Crippen LogP contribution in [0, 0.1) is 3.57 Å². The lowest BCUT2D eigenvalue weighted by Gasteiger charge is -2.17. The summed E-state index contributed by atoms with van der Waals surface area (Å²) in [6.07, 6.45) is 3.12. The smallest absolute Gasteiger partial charge is 0.251 e. The fraction of sp³-hybridized carbons (Fsp3) is 0.417. The van der Waals surface area contributed by atoms with Crippen molar-refractivity contribution in [2.24, 2.45) is 5.73 Å². The van der Waals surface area contributed by atoms with Crippen molar-refractivity contribution in [3.05, 3.63) is 33.4 Å². The Morgan fingerprint density at radius 1 is 1.44 bits per heavy atom. The zero-order valence-electron chi connectivity index (χ0n) is 8.95. The number of carbonyl (C=O) groups excluding carboxylic acids is 1. The molecule has 4 heteroatoms. The lowest BCUT2D eigenvalue weighted by Crippen LogP contribution is -2.43. The van der Waals surface area contributed by atoms with Gasteiger partial charge in [-0.1, -0.05) is 6.07 Å². The van der Waals surface area contributed by atoms with Gasteiger partial charge in [0.25, 0.3) is 5.91 Å². The Labute approximate surface area is 109 Å². The van der Waals surface area contributed by atoms with Crippen molar-refractivity contribution in [3.8, 4) is 0 Å². The Balaban J connectivity index is 2.03. The first-order valence-corrected chi connectivity index (χ1v) is 6.57. The van der Waals surface area contributed by atoms with Crippen molar-refractivity contribution in [2.45, 2.75) is 31.3 Å². The van der Waals surface area contributed by atoms with Crippen LogP contribution >= 0.6 is 22.6 Å². The van der Waals surface area contributed by atoms with Crippen molar-refractivity contribution in [1.29, 1.82) is 0 Å². The van der Waals surface area contributed by atoms with Crippen LogP contribution in [0.3, 0.4) is 0 Å². The van der Waals surface area contributed by atoms with Gasteiger partial charge in [-0.05, 0) is 60.1 Å². The number of hydrogen-bond donors (Lipinski definition) is 2. The van der Waals surface area contributed by atoms with Crippen LogP contribution in [0.15, 0.2) is 24.3 Å². The molecule has 0 aliphatic heterocycles. The molecule has 16 heavy (non-hydrogen) atoms. The summed E-state index contributed by atoms with van der Waals surface area (Å²) in [6, 6.07) is 7.84. The minimum Gasteiger partial charge on any atom is -0.348 e. The zero-order chi connectivity index (χ0) is 11.5. The number of rotatable bonds is 2. The van der Waals surface area contributed by atoms with Crippen molar-refractivity contribution >= 4 is 28.5 Å². The van der Waals surface area contributed by atoms with E-state index in [9.17, 15) is 4.79 Å². The van der Waals surface area contributed by atoms with Gasteiger partial charge in [0.15, 0.2) is 0 Å². The van der Waals surface area contributed by atoms with E-state index in [0.717, 1.165) is 22.8 Å². The minimum atomic E-state index is -0.0131. The monoisotopic (exact) mass is 330 g/mol. The Morgan fingerprint density at radius 3 is 2.88 bits per heavy atom. The van der Waals surface area contributed by atoms with Gasteiger partial charge < -0.3 is 11.1 Å². The summed E-state index contributed by atoms with van der Waals surface area (Å²) in [6.45, 7) is 0. The SMILES string of the molecule is NC1CCCC1NC(=O)c1cccc(I)c1. The summed E-state index contributed by atoms with van der Waals surface area (Å²) in [5.74, 6) is -0.0131. The van der Waals surface area contributed by atoms with E-state index in [1.54, 1.807) is 0 Å². The van der Waals surface area contributed by atoms with Crippen molar-refractivity contribution < 1.29 is 4.79 Å². The summed E-state index contributed by atoms with van der Waals surface area (Å²) < 4.78 is 1.07. The van der Waals surface area contributed by atoms with Gasteiger partial charge in [0.05, 0.1) is 0 Å². The molecule has 1 fully saturated rings. The van der Waals surface area contributed by atoms with E-state index in [2.05, 4.69) is 27.9 Å². The van der Waals surface area contributed by atoms with Crippen LogP contribution in [0.25, 0.3) is 0 Å². The Bertz CT molecular complexity index is 394. The van der Waals surface area contributed by atoms with Gasteiger partial charge in [0, 0.05) is 21.2 Å². The van der Waals surface area contributed by atoms with Crippen molar-refractivity contribution in [1.82, 2.24) is 5.32 Å². The van der Waals surface area contributed by atoms with E-state index in [0.29, 0.717) is 5.56 Å². The molecule has 1 aliphatic carbocycles. The number of amides is 1. The summed E-state index contributed by atoms with van der Waals surface area (Å²) >= 11 is 2.20. The van der Waals surface area contributed by atoms with Crippen molar-refractivity contribution in [2.75, 3.05) is 0 Å². The van der Waals surface area contributed by atoms with Gasteiger partial charge in [-0.3, -0.25) is 4.79 Å². The highest BCUT2D eigenvalue weighted by Gasteiger charge is 2.25. The standard InChI is InChI=1S/C12H15IN2O/c13-9-4-1-3-8(7-9)12(16)15-11-6-2-5-10(11)14/h1,3-4,7,10-11H,2,5-6,14H2,(H,15,16). The maximum absolute atomic E-state index is 11.9. The molecule has 1 aliphatic rings. The molecule has 0 aromatic heterocycles. The van der Waals surface area contributed by atoms with E-state index in [4.69, 9.17) is 5.73 Å². The molecule has 0 spiro atoms. The predicted octanol–water partition coefficient (Wildman–Crippen LogP) is 1.90. The number of nitrogens with one attached hydrogen (secondary N) is 1. The van der Waals surface area contributed by atoms with Gasteiger partial charge in [0.2, 0.25) is 0 Å². The van der Waals surface area contributed by atoms with Crippen LogP contribution in [0.5, 0.6) is 0 Å². The van der Waals surface area contributed by atoms with Gasteiger partial charge in [-0.15, -0.1) is 0 Å². The second kappa shape index (κ2) is 5.14. The first-order chi connectivity index (χ1) is 7.66. The van der Waals surface area contributed by atoms with Crippen molar-refractivity contribution in [3.63, 3.8) is 0 Å². The molecule has 1 saturated carbocycles. The third-order valence-corrected chi connectivity index (χ3v) is 3.64. The Hall–Kier alpha value is -0.620. The fourth-order valence-electron chi connectivity index (χ4n) is 2.05. The molecule has 0 heterocycles. The van der Waals surface area contributed by atoms with E-state index in [1.165, 1.54) is 0 Å². The number of carbonyl (C=O) groups is 1. The highest BCUT2D eigenvalue weighted by Crippen LogP contribution is 2.17. The molecule has 3 N–H and O–H groups in total. The van der Waals surface area contributed by atoms with Gasteiger partial charge in [-0.2, -0.15) is 0 Å². The first kappa shape index (κ1) is 11.9. The molecule has 1 aromatic rings. The summed E-state index contributed by atoms with van der Waals surface area (Å²) in [5, 5.41) is 3.00. The molecule has 2 unspecified atom stereocenters. The summed E-state index contributed by atoms with van der Waals surface area (Å²) in [5.41, 5.74) is 6.63. The predicted molar refractivity (Wildman–Crippen MR) is 72.2 cm³/mol. The largest absolute Gasteiger partial charge is 0.348 e. The van der Waals surface area contributed by atoms with Crippen LogP contribution in [0.4, 0.5) is 0 Å². The molecule has 2 rings (SSSR count). The van der Waals surface area contributed by atoms with Crippen LogP contribution in [0.1, 0.15) is 29.6 Å². The minimum absolute atomic E-state index is 0.0131. The average molecular weight is 330 g/mol. The molecule has 86 valence electrons. The Kier molecular flexibility index (Phi) is 3.81. The maximum atomic E-state index is 11.9. The molecular formula is C12H15IN2O. The van der Waals surface area contributed by atoms with Crippen LogP contribution in [-0.2, 0) is 0 Å². The third-order valence-electron chi connectivity index (χ3n) is 2.97. The second-order valence-electron chi connectivity index (χ2n) is 4.19. The second-order valence-corrected chi connectivity index (χ2v) is 5.43. The summed E-state index contributed by atoms with van der Waals surface area (Å²) in [7, 11) is 0. The molecule has 0 bridgehead atoms. The van der Waals surface area contributed by atoms with E-state index in [1.807, 2.05) is 24.3 Å². The normalized spacial score (nSPS) is 24.4. The van der Waals surface area contributed by atoms with E-state index in [-0.39, 0.29) is 18.0 Å². The Morgan fingerprint density at radius 2 is 2.25 bits per heavy atom. The topological polar surface area (TPSA) is 55.1 Å². The molecule has 3 nitrogen and oxygen atoms in total. The van der Waals surface area contributed by atoms with Gasteiger partial charge in [-0.25, -0.2) is 0 Å². The molecule has 1 amide bonds. The fourth-order valence-corrected chi connectivity index (χ4v) is 2.59. The molecule has 2 atom stereocenters. The molecular weight excluding hydrogens is 315 g/mol. The van der Waals surface area contributed by atoms with Crippen LogP contribution in [-0.4, -0.2) is 18.0 Å². The number of benzene rings is 1. The molecule has 1 aromatic carbocycles. The van der Waals surface area contributed by atoms with Crippen LogP contribution < -0.4 is 11.1 Å². The zero-order valence-corrected chi connectivity index (χ0v) is 11.1. The lowest BCUT2D eigenvalue weighted by atomic mass is 10.1. The van der Waals surface area contributed by atoms with E-state index < -0.39 is 0 Å². The number of nitrogens with two attached hydrogens (primary N) is 1. The highest BCUT2D eigenvalue weighted by atomic mass is 127. The number of halogens is 1. The third kappa shape index (κ3) is 2.74. The van der Waals surface area contributed by atoms with Gasteiger partial charge >= 0.3 is 0 Å². The highest BCUT2D eigenvalue weighted by molar-refractivity contribution is 14.1.